The van der Waals surface area contributed by atoms with Crippen molar-refractivity contribution in [2.45, 2.75) is 17.9 Å². The van der Waals surface area contributed by atoms with Crippen LogP contribution in [0.4, 0.5) is 5.69 Å². The van der Waals surface area contributed by atoms with E-state index < -0.39 is 16.1 Å². The molecule has 158 valence electrons. The number of hydrogen-bond donors (Lipinski definition) is 2. The number of nitrogens with zero attached hydrogens (tertiary/aromatic N) is 1. The van der Waals surface area contributed by atoms with Crippen LogP contribution in [0.5, 0.6) is 0 Å². The third-order valence-corrected chi connectivity index (χ3v) is 7.24. The SMILES string of the molecule is Cc1ccc(S(=O)(=O)N(C[C@H](O)C[NH+]2CCOCC2)c2cc(Cl)ccc2Cl)cc1. The Morgan fingerprint density at radius 2 is 1.79 bits per heavy atom. The molecule has 0 spiro atoms. The molecule has 2 N–H and O–H groups in total. The molecule has 0 radical (unpaired) electrons. The Kier molecular flexibility index (Phi) is 7.42. The second-order valence-electron chi connectivity index (χ2n) is 7.17. The molecule has 0 unspecified atom stereocenters. The number of hydrogen-bond acceptors (Lipinski definition) is 4. The molecule has 1 saturated heterocycles. The Labute approximate surface area is 181 Å². The summed E-state index contributed by atoms with van der Waals surface area (Å²) in [6, 6.07) is 11.2. The van der Waals surface area contributed by atoms with E-state index in [-0.39, 0.29) is 22.2 Å². The number of anilines is 1. The molecule has 1 aliphatic rings. The number of morpholine rings is 1. The maximum atomic E-state index is 13.4. The highest BCUT2D eigenvalue weighted by Gasteiger charge is 2.30. The smallest absolute Gasteiger partial charge is 0.264 e. The van der Waals surface area contributed by atoms with Gasteiger partial charge in [-0.25, -0.2) is 8.42 Å². The Morgan fingerprint density at radius 1 is 1.14 bits per heavy atom. The molecule has 0 bridgehead atoms. The van der Waals surface area contributed by atoms with Crippen molar-refractivity contribution in [3.8, 4) is 0 Å². The van der Waals surface area contributed by atoms with Gasteiger partial charge in [-0.05, 0) is 37.3 Å². The van der Waals surface area contributed by atoms with Crippen molar-refractivity contribution in [2.24, 2.45) is 0 Å². The number of benzene rings is 2. The molecule has 1 fully saturated rings. The summed E-state index contributed by atoms with van der Waals surface area (Å²) in [5.41, 5.74) is 1.20. The van der Waals surface area contributed by atoms with Crippen molar-refractivity contribution in [3.63, 3.8) is 0 Å². The van der Waals surface area contributed by atoms with Crippen LogP contribution in [-0.2, 0) is 14.8 Å². The molecule has 0 amide bonds. The lowest BCUT2D eigenvalue weighted by molar-refractivity contribution is -0.910. The first-order valence-electron chi connectivity index (χ1n) is 9.41. The average Bonchev–Trinajstić information content (AvgIpc) is 2.69. The Bertz CT molecular complexity index is 932. The zero-order valence-corrected chi connectivity index (χ0v) is 18.5. The minimum atomic E-state index is -3.95. The van der Waals surface area contributed by atoms with Crippen LogP contribution in [0.15, 0.2) is 47.4 Å². The summed E-state index contributed by atoms with van der Waals surface area (Å²) in [4.78, 5) is 1.30. The van der Waals surface area contributed by atoms with Gasteiger partial charge in [0, 0.05) is 5.02 Å². The molecule has 0 aromatic heterocycles. The minimum absolute atomic E-state index is 0.124. The lowest BCUT2D eigenvalue weighted by atomic mass is 10.2. The highest BCUT2D eigenvalue weighted by atomic mass is 35.5. The summed E-state index contributed by atoms with van der Waals surface area (Å²) in [7, 11) is -3.95. The van der Waals surface area contributed by atoms with Gasteiger partial charge in [-0.1, -0.05) is 40.9 Å². The quantitative estimate of drug-likeness (QED) is 0.661. The fraction of sp³-hybridized carbons (Fsp3) is 0.400. The molecule has 0 aliphatic carbocycles. The molecule has 2 aromatic carbocycles. The standard InChI is InChI=1S/C20H24Cl2N2O4S/c1-15-2-5-18(6-3-15)29(26,27)24(20-12-16(21)4-7-19(20)22)14-17(25)13-23-8-10-28-11-9-23/h2-7,12,17,25H,8-11,13-14H2,1H3/p+1/t17-/m1/s1. The molecular weight excluding hydrogens is 435 g/mol. The van der Waals surface area contributed by atoms with Crippen LogP contribution in [0.2, 0.25) is 10.0 Å². The van der Waals surface area contributed by atoms with Crippen molar-refractivity contribution in [3.05, 3.63) is 58.1 Å². The highest BCUT2D eigenvalue weighted by molar-refractivity contribution is 7.92. The molecule has 0 saturated carbocycles. The first kappa shape index (κ1) is 22.3. The van der Waals surface area contributed by atoms with Gasteiger partial charge >= 0.3 is 0 Å². The molecular formula is C20H25Cl2N2O4S+. The predicted octanol–water partition coefficient (Wildman–Crippen LogP) is 1.77. The summed E-state index contributed by atoms with van der Waals surface area (Å²) < 4.78 is 33.3. The van der Waals surface area contributed by atoms with E-state index >= 15 is 0 Å². The molecule has 1 atom stereocenters. The number of aryl methyl sites for hydroxylation is 1. The topological polar surface area (TPSA) is 71.3 Å². The zero-order valence-electron chi connectivity index (χ0n) is 16.1. The first-order valence-corrected chi connectivity index (χ1v) is 11.6. The van der Waals surface area contributed by atoms with Gasteiger partial charge in [-0.15, -0.1) is 0 Å². The molecule has 1 heterocycles. The lowest BCUT2D eigenvalue weighted by Crippen LogP contribution is -3.15. The number of sulfonamides is 1. The van der Waals surface area contributed by atoms with Crippen LogP contribution in [0.3, 0.4) is 0 Å². The average molecular weight is 460 g/mol. The van der Waals surface area contributed by atoms with Crippen molar-refractivity contribution in [1.29, 1.82) is 0 Å². The van der Waals surface area contributed by atoms with Crippen molar-refractivity contribution in [1.82, 2.24) is 0 Å². The van der Waals surface area contributed by atoms with Crippen LogP contribution in [-0.4, -0.2) is 59.0 Å². The van der Waals surface area contributed by atoms with E-state index in [1.165, 1.54) is 11.0 Å². The van der Waals surface area contributed by atoms with Crippen LogP contribution in [0.25, 0.3) is 0 Å². The van der Waals surface area contributed by atoms with Crippen LogP contribution >= 0.6 is 23.2 Å². The monoisotopic (exact) mass is 459 g/mol. The molecule has 6 nitrogen and oxygen atoms in total. The van der Waals surface area contributed by atoms with Crippen molar-refractivity contribution < 1.29 is 23.2 Å². The van der Waals surface area contributed by atoms with E-state index in [9.17, 15) is 13.5 Å². The maximum absolute atomic E-state index is 13.4. The van der Waals surface area contributed by atoms with Gasteiger partial charge in [0.1, 0.15) is 25.7 Å². The van der Waals surface area contributed by atoms with Crippen molar-refractivity contribution in [2.75, 3.05) is 43.7 Å². The van der Waals surface area contributed by atoms with Gasteiger partial charge < -0.3 is 14.7 Å². The Balaban J connectivity index is 1.93. The fourth-order valence-electron chi connectivity index (χ4n) is 3.29. The molecule has 3 rings (SSSR count). The lowest BCUT2D eigenvalue weighted by Gasteiger charge is -2.30. The molecule has 1 aliphatic heterocycles. The van der Waals surface area contributed by atoms with Crippen LogP contribution in [0, 0.1) is 6.92 Å². The van der Waals surface area contributed by atoms with Gasteiger partial charge in [0.2, 0.25) is 0 Å². The summed E-state index contributed by atoms with van der Waals surface area (Å²) in [5, 5.41) is 11.3. The zero-order chi connectivity index (χ0) is 21.0. The summed E-state index contributed by atoms with van der Waals surface area (Å²) in [6.07, 6.45) is -0.877. The number of ether oxygens (including phenoxy) is 1. The highest BCUT2D eigenvalue weighted by Crippen LogP contribution is 2.33. The van der Waals surface area contributed by atoms with Gasteiger partial charge in [0.05, 0.1) is 35.4 Å². The van der Waals surface area contributed by atoms with Gasteiger partial charge in [-0.3, -0.25) is 4.31 Å². The van der Waals surface area contributed by atoms with Gasteiger partial charge in [0.15, 0.2) is 0 Å². The molecule has 9 heteroatoms. The van der Waals surface area contributed by atoms with E-state index in [0.717, 1.165) is 23.0 Å². The van der Waals surface area contributed by atoms with Crippen LogP contribution < -0.4 is 9.21 Å². The third-order valence-electron chi connectivity index (χ3n) is 4.89. The number of quaternary nitrogens is 1. The molecule has 29 heavy (non-hydrogen) atoms. The number of rotatable bonds is 7. The Morgan fingerprint density at radius 3 is 2.45 bits per heavy atom. The van der Waals surface area contributed by atoms with E-state index in [4.69, 9.17) is 27.9 Å². The van der Waals surface area contributed by atoms with Crippen LogP contribution in [0.1, 0.15) is 5.56 Å². The predicted molar refractivity (Wildman–Crippen MR) is 115 cm³/mol. The second kappa shape index (κ2) is 9.64. The largest absolute Gasteiger partial charge is 0.385 e. The van der Waals surface area contributed by atoms with E-state index in [1.54, 1.807) is 36.4 Å². The third kappa shape index (κ3) is 5.63. The van der Waals surface area contributed by atoms with Gasteiger partial charge in [0.25, 0.3) is 10.0 Å². The first-order chi connectivity index (χ1) is 13.8. The maximum Gasteiger partial charge on any atom is 0.264 e. The number of nitrogens with one attached hydrogen (secondary N) is 1. The summed E-state index contributed by atoms with van der Waals surface area (Å²) >= 11 is 12.4. The summed E-state index contributed by atoms with van der Waals surface area (Å²) in [6.45, 7) is 5.00. The number of aliphatic hydroxyl groups is 1. The number of halogens is 2. The number of aliphatic hydroxyl groups excluding tert-OH is 1. The van der Waals surface area contributed by atoms with E-state index in [1.807, 2.05) is 6.92 Å². The Hall–Kier alpha value is -1.35. The molecule has 2 aromatic rings. The minimum Gasteiger partial charge on any atom is -0.385 e. The van der Waals surface area contributed by atoms with Gasteiger partial charge in [-0.2, -0.15) is 0 Å². The van der Waals surface area contributed by atoms with Crippen molar-refractivity contribution >= 4 is 38.9 Å². The van der Waals surface area contributed by atoms with E-state index in [2.05, 4.69) is 0 Å². The summed E-state index contributed by atoms with van der Waals surface area (Å²) in [5.74, 6) is 0. The normalized spacial score (nSPS) is 16.6. The fourth-order valence-corrected chi connectivity index (χ4v) is 5.24. The second-order valence-corrected chi connectivity index (χ2v) is 9.87. The van der Waals surface area contributed by atoms with E-state index in [0.29, 0.717) is 24.8 Å².